The number of hydrogen-bond donors (Lipinski definition) is 1. The number of ether oxygens (including phenoxy) is 2. The summed E-state index contributed by atoms with van der Waals surface area (Å²) in [5, 5.41) is 3.95. The van der Waals surface area contributed by atoms with Gasteiger partial charge in [-0.3, -0.25) is 0 Å². The molecule has 3 nitrogen and oxygen atoms in total. The monoisotopic (exact) mass is 315 g/mol. The number of hydrogen-bond acceptors (Lipinski definition) is 3. The highest BCUT2D eigenvalue weighted by atomic mass is 16.7. The van der Waals surface area contributed by atoms with Crippen molar-refractivity contribution >= 4 is 70.6 Å². The van der Waals surface area contributed by atoms with Crippen LogP contribution in [0.2, 0.25) is 5.21 Å². The number of rotatable bonds is 5. The lowest BCUT2D eigenvalue weighted by Gasteiger charge is -2.48. The van der Waals surface area contributed by atoms with Crippen molar-refractivity contribution in [1.29, 1.82) is 0 Å². The molecule has 0 radical (unpaired) electrons. The Kier molecular flexibility index (Phi) is 4.89. The van der Waals surface area contributed by atoms with E-state index in [2.05, 4.69) is 79.3 Å². The first kappa shape index (κ1) is 19.7. The van der Waals surface area contributed by atoms with Gasteiger partial charge in [0.2, 0.25) is 0 Å². The first-order valence-corrected chi connectivity index (χ1v) is 8.92. The molecule has 0 fully saturated rings. The Bertz CT molecular complexity index is 624. The van der Waals surface area contributed by atoms with Crippen LogP contribution in [0.25, 0.3) is 0 Å². The highest BCUT2D eigenvalue weighted by Gasteiger charge is 2.41. The average Bonchev–Trinajstić information content (AvgIpc) is 2.66. The van der Waals surface area contributed by atoms with Crippen LogP contribution in [0.5, 0.6) is 11.5 Å². The highest BCUT2D eigenvalue weighted by molar-refractivity contribution is 6.59. The van der Waals surface area contributed by atoms with Crippen molar-refractivity contribution in [3.63, 3.8) is 0 Å². The predicted octanol–water partition coefficient (Wildman–Crippen LogP) is -7.37. The number of fused-ring (bicyclic) bond motifs is 1. The summed E-state index contributed by atoms with van der Waals surface area (Å²) in [6, 6.07) is 6.66. The van der Waals surface area contributed by atoms with Gasteiger partial charge in [-0.1, -0.05) is 29.0 Å². The summed E-state index contributed by atoms with van der Waals surface area (Å²) >= 11 is 0. The first-order valence-electron chi connectivity index (χ1n) is 8.92. The lowest BCUT2D eigenvalue weighted by molar-refractivity contribution is 0.0833. The summed E-state index contributed by atoms with van der Waals surface area (Å²) in [6.45, 7) is 2.30. The maximum Gasteiger partial charge on any atom is 0.197 e. The van der Waals surface area contributed by atoms with Gasteiger partial charge in [0, 0.05) is 0 Å². The molecule has 1 heterocycles. The van der Waals surface area contributed by atoms with Crippen molar-refractivity contribution in [3.8, 4) is 11.5 Å². The lowest BCUT2D eigenvalue weighted by Crippen LogP contribution is -2.64. The molecule has 12 heteroatoms. The third-order valence-corrected chi connectivity index (χ3v) is 4.56. The van der Waals surface area contributed by atoms with E-state index in [0.717, 1.165) is 11.5 Å². The minimum absolute atomic E-state index is 0.0492. The summed E-state index contributed by atoms with van der Waals surface area (Å²) in [5.41, 5.74) is 0.678. The minimum Gasteiger partial charge on any atom is -0.467 e. The van der Waals surface area contributed by atoms with E-state index >= 15 is 0 Å². The van der Waals surface area contributed by atoms with Gasteiger partial charge in [-0.15, -0.1) is 0 Å². The van der Waals surface area contributed by atoms with Crippen LogP contribution in [0.1, 0.15) is 12.5 Å². The van der Waals surface area contributed by atoms with Crippen molar-refractivity contribution < 1.29 is 9.47 Å². The molecule has 118 valence electrons. The van der Waals surface area contributed by atoms with Gasteiger partial charge in [-0.25, -0.2) is 0 Å². The normalized spacial score (nSPS) is 18.2. The second-order valence-corrected chi connectivity index (χ2v) is 10.2. The van der Waals surface area contributed by atoms with E-state index in [1.54, 1.807) is 0 Å². The maximum absolute atomic E-state index is 5.95. The van der Waals surface area contributed by atoms with Gasteiger partial charge in [-0.05, 0) is 23.4 Å². The lowest BCUT2D eigenvalue weighted by atomic mass is 9.35. The van der Waals surface area contributed by atoms with Gasteiger partial charge in [0.1, 0.15) is 54.9 Å². The van der Waals surface area contributed by atoms with Crippen molar-refractivity contribution in [2.45, 2.75) is 34.2 Å². The molecule has 1 atom stereocenters. The van der Waals surface area contributed by atoms with Crippen LogP contribution in [-0.4, -0.2) is 87.5 Å². The summed E-state index contributed by atoms with van der Waals surface area (Å²) in [5.74, 6) is 1.67. The largest absolute Gasteiger partial charge is 0.467 e. The fourth-order valence-corrected chi connectivity index (χ4v) is 3.70. The van der Waals surface area contributed by atoms with Crippen molar-refractivity contribution in [3.05, 3.63) is 23.8 Å². The molecule has 2 rings (SSSR count). The number of benzene rings is 1. The highest BCUT2D eigenvalue weighted by Crippen LogP contribution is 2.41. The SMILES string of the molecule is BC(B)(B)N[C@H](C(B)(B)C)C(B)(B)c1ccc2c(c1)OC(B)(B)O2. The summed E-state index contributed by atoms with van der Waals surface area (Å²) in [7, 11) is 19.8. The third-order valence-electron chi connectivity index (χ3n) is 4.56. The molecule has 0 saturated heterocycles. The van der Waals surface area contributed by atoms with Crippen LogP contribution in [0.15, 0.2) is 18.2 Å². The molecule has 1 aliphatic rings. The summed E-state index contributed by atoms with van der Waals surface area (Å²) in [4.78, 5) is 0. The van der Waals surface area contributed by atoms with Crippen LogP contribution in [-0.2, 0) is 5.21 Å². The van der Waals surface area contributed by atoms with Crippen LogP contribution in [0.4, 0.5) is 0 Å². The van der Waals surface area contributed by atoms with Gasteiger partial charge in [0.15, 0.2) is 32.8 Å². The predicted molar refractivity (Wildman–Crippen MR) is 127 cm³/mol. The van der Waals surface area contributed by atoms with Crippen molar-refractivity contribution in [2.24, 2.45) is 0 Å². The smallest absolute Gasteiger partial charge is 0.197 e. The minimum atomic E-state index is -0.585. The average molecular weight is 314 g/mol. The topological polar surface area (TPSA) is 30.5 Å². The van der Waals surface area contributed by atoms with E-state index in [4.69, 9.17) is 9.47 Å². The molecular formula is C12H26B9NO2. The van der Waals surface area contributed by atoms with Gasteiger partial charge >= 0.3 is 0 Å². The summed E-state index contributed by atoms with van der Waals surface area (Å²) < 4.78 is 11.8. The standard InChI is InChI=1S/C12H26B9NO2/c1-9(13,14)8(22-11(17,18)19)10(15,16)5-2-3-6-7(4-5)24-12(20,21)23-6/h2-4,8,22H,13-21H2,1H3/t8-/m1/s1. The van der Waals surface area contributed by atoms with Gasteiger partial charge in [0.05, 0.1) is 0 Å². The van der Waals surface area contributed by atoms with Crippen LogP contribution >= 0.6 is 0 Å². The number of nitrogens with one attached hydrogen (secondary N) is 1. The van der Waals surface area contributed by atoms with Crippen LogP contribution < -0.4 is 14.8 Å². The molecule has 24 heavy (non-hydrogen) atoms. The fourth-order valence-electron chi connectivity index (χ4n) is 3.70. The van der Waals surface area contributed by atoms with Gasteiger partial charge < -0.3 is 14.8 Å². The zero-order chi connectivity index (χ0) is 18.6. The maximum atomic E-state index is 5.95. The van der Waals surface area contributed by atoms with Crippen LogP contribution in [0.3, 0.4) is 0 Å². The van der Waals surface area contributed by atoms with E-state index in [1.165, 1.54) is 5.56 Å². The molecular weight excluding hydrogens is 287 g/mol. The molecule has 0 saturated carbocycles. The van der Waals surface area contributed by atoms with Gasteiger partial charge in [-0.2, -0.15) is 0 Å². The van der Waals surface area contributed by atoms with E-state index in [0.29, 0.717) is 6.04 Å². The molecule has 0 bridgehead atoms. The molecule has 0 spiro atoms. The Hall–Kier alpha value is -0.636. The summed E-state index contributed by atoms with van der Waals surface area (Å²) in [6.07, 6.45) is 0. The Morgan fingerprint density at radius 1 is 0.958 bits per heavy atom. The van der Waals surface area contributed by atoms with E-state index in [9.17, 15) is 0 Å². The quantitative estimate of drug-likeness (QED) is 0.548. The third kappa shape index (κ3) is 4.31. The Morgan fingerprint density at radius 2 is 1.50 bits per heavy atom. The molecule has 0 unspecified atom stereocenters. The van der Waals surface area contributed by atoms with Gasteiger partial charge in [0.25, 0.3) is 0 Å². The first-order chi connectivity index (χ1) is 10.6. The molecule has 1 aromatic rings. The Balaban J connectivity index is 2.41. The molecule has 1 N–H and O–H groups in total. The van der Waals surface area contributed by atoms with E-state index in [1.807, 2.05) is 21.8 Å². The molecule has 1 aromatic carbocycles. The Morgan fingerprint density at radius 3 is 2.00 bits per heavy atom. The second kappa shape index (κ2) is 5.97. The zero-order valence-corrected chi connectivity index (χ0v) is 17.1. The second-order valence-electron chi connectivity index (χ2n) is 10.2. The molecule has 0 aromatic heterocycles. The Labute approximate surface area is 155 Å². The van der Waals surface area contributed by atoms with Crippen LogP contribution in [0, 0.1) is 0 Å². The fraction of sp³-hybridized carbons (Fsp3) is 0.500. The van der Waals surface area contributed by atoms with Crippen molar-refractivity contribution in [1.82, 2.24) is 5.32 Å². The van der Waals surface area contributed by atoms with E-state index in [-0.39, 0.29) is 15.7 Å². The van der Waals surface area contributed by atoms with E-state index < -0.39 is 5.59 Å². The molecule has 0 amide bonds. The molecule has 1 aliphatic heterocycles. The zero-order valence-electron chi connectivity index (χ0n) is 17.1. The molecule has 0 aliphatic carbocycles. The van der Waals surface area contributed by atoms with Crippen molar-refractivity contribution in [2.75, 3.05) is 0 Å².